The quantitative estimate of drug-likeness (QED) is 0.336. The number of carboxylic acid groups (broad SMARTS) is 1. The zero-order valence-corrected chi connectivity index (χ0v) is 20.1. The van der Waals surface area contributed by atoms with Gasteiger partial charge in [-0.2, -0.15) is 0 Å². The maximum Gasteiger partial charge on any atom is 0.337 e. The Hall–Kier alpha value is -3.38. The third-order valence-electron chi connectivity index (χ3n) is 7.40. The number of hydrogen-bond acceptors (Lipinski definition) is 5. The van der Waals surface area contributed by atoms with Crippen LogP contribution in [-0.2, 0) is 13.0 Å². The van der Waals surface area contributed by atoms with E-state index in [-0.39, 0.29) is 11.6 Å². The van der Waals surface area contributed by atoms with Gasteiger partial charge in [-0.15, -0.1) is 0 Å². The van der Waals surface area contributed by atoms with Crippen molar-refractivity contribution in [3.05, 3.63) is 88.7 Å². The SMILES string of the molecule is O=C(O)c1ccncc1NC[C@@H]1NCCc2cc(NCc3ccc(C4CCCCC4)cc3)ccc21. The molecule has 1 aromatic heterocycles. The van der Waals surface area contributed by atoms with Gasteiger partial charge in [-0.05, 0) is 72.2 Å². The van der Waals surface area contributed by atoms with Crippen molar-refractivity contribution in [2.75, 3.05) is 23.7 Å². The number of aromatic carboxylic acids is 1. The molecular formula is C29H34N4O2. The molecule has 0 saturated heterocycles. The van der Waals surface area contributed by atoms with Crippen LogP contribution in [0.4, 0.5) is 11.4 Å². The maximum absolute atomic E-state index is 11.5. The third-order valence-corrected chi connectivity index (χ3v) is 7.40. The van der Waals surface area contributed by atoms with Gasteiger partial charge in [-0.25, -0.2) is 4.79 Å². The summed E-state index contributed by atoms with van der Waals surface area (Å²) in [5.74, 6) is -0.206. The van der Waals surface area contributed by atoms with E-state index >= 15 is 0 Å². The number of fused-ring (bicyclic) bond motifs is 1. The van der Waals surface area contributed by atoms with Gasteiger partial charge in [0.1, 0.15) is 0 Å². The number of rotatable bonds is 8. The predicted octanol–water partition coefficient (Wildman–Crippen LogP) is 5.74. The Morgan fingerprint density at radius 3 is 2.66 bits per heavy atom. The van der Waals surface area contributed by atoms with Gasteiger partial charge in [0.05, 0.1) is 17.4 Å². The normalized spacial score (nSPS) is 18.0. The van der Waals surface area contributed by atoms with Crippen molar-refractivity contribution in [3.63, 3.8) is 0 Å². The van der Waals surface area contributed by atoms with Gasteiger partial charge in [0.25, 0.3) is 0 Å². The first-order chi connectivity index (χ1) is 17.2. The lowest BCUT2D eigenvalue weighted by Gasteiger charge is -2.28. The number of anilines is 2. The minimum absolute atomic E-state index is 0.113. The summed E-state index contributed by atoms with van der Waals surface area (Å²) in [6.07, 6.45) is 10.8. The van der Waals surface area contributed by atoms with Crippen molar-refractivity contribution >= 4 is 17.3 Å². The minimum Gasteiger partial charge on any atom is -0.478 e. The number of aromatic nitrogens is 1. The summed E-state index contributed by atoms with van der Waals surface area (Å²) in [7, 11) is 0. The molecule has 5 rings (SSSR count). The molecule has 1 atom stereocenters. The molecule has 182 valence electrons. The molecule has 1 aliphatic carbocycles. The molecule has 35 heavy (non-hydrogen) atoms. The first-order valence-corrected chi connectivity index (χ1v) is 12.8. The van der Waals surface area contributed by atoms with Crippen LogP contribution in [0.3, 0.4) is 0 Å². The molecule has 6 nitrogen and oxygen atoms in total. The number of benzene rings is 2. The topological polar surface area (TPSA) is 86.3 Å². The fourth-order valence-electron chi connectivity index (χ4n) is 5.43. The van der Waals surface area contributed by atoms with E-state index in [0.717, 1.165) is 31.1 Å². The molecule has 4 N–H and O–H groups in total. The summed E-state index contributed by atoms with van der Waals surface area (Å²) in [5.41, 5.74) is 7.30. The van der Waals surface area contributed by atoms with Gasteiger partial charge >= 0.3 is 5.97 Å². The highest BCUT2D eigenvalue weighted by Crippen LogP contribution is 2.33. The second-order valence-corrected chi connectivity index (χ2v) is 9.71. The number of nitrogens with one attached hydrogen (secondary N) is 3. The number of carboxylic acids is 1. The second-order valence-electron chi connectivity index (χ2n) is 9.71. The zero-order valence-electron chi connectivity index (χ0n) is 20.1. The van der Waals surface area contributed by atoms with Crippen LogP contribution in [-0.4, -0.2) is 29.1 Å². The summed E-state index contributed by atoms with van der Waals surface area (Å²) >= 11 is 0. The van der Waals surface area contributed by atoms with Crippen molar-refractivity contribution in [2.24, 2.45) is 0 Å². The first-order valence-electron chi connectivity index (χ1n) is 12.8. The van der Waals surface area contributed by atoms with E-state index in [4.69, 9.17) is 0 Å². The highest BCUT2D eigenvalue weighted by Gasteiger charge is 2.21. The van der Waals surface area contributed by atoms with Crippen LogP contribution in [0.2, 0.25) is 0 Å². The highest BCUT2D eigenvalue weighted by molar-refractivity contribution is 5.93. The van der Waals surface area contributed by atoms with E-state index in [1.807, 2.05) is 0 Å². The molecule has 3 aromatic rings. The van der Waals surface area contributed by atoms with Crippen LogP contribution in [0.15, 0.2) is 60.9 Å². The van der Waals surface area contributed by atoms with Crippen molar-refractivity contribution in [3.8, 4) is 0 Å². The van der Waals surface area contributed by atoms with Crippen LogP contribution in [0.5, 0.6) is 0 Å². The van der Waals surface area contributed by atoms with Gasteiger partial charge in [0.2, 0.25) is 0 Å². The van der Waals surface area contributed by atoms with Crippen molar-refractivity contribution in [2.45, 2.75) is 57.0 Å². The number of pyridine rings is 1. The lowest BCUT2D eigenvalue weighted by atomic mass is 9.84. The van der Waals surface area contributed by atoms with E-state index in [2.05, 4.69) is 63.4 Å². The molecule has 2 aliphatic rings. The Balaban J connectivity index is 1.20. The van der Waals surface area contributed by atoms with Crippen molar-refractivity contribution in [1.82, 2.24) is 10.3 Å². The fraction of sp³-hybridized carbons (Fsp3) is 0.379. The average Bonchev–Trinajstić information content (AvgIpc) is 2.91. The molecule has 0 unspecified atom stereocenters. The standard InChI is InChI=1S/C29H34N4O2/c34-29(35)26-13-14-30-18-27(26)33-19-28-25-11-10-24(16-23(25)12-15-31-28)32-17-20-6-8-22(9-7-20)21-4-2-1-3-5-21/h6-11,13-14,16,18,21,28,31-33H,1-5,12,15,17,19H2,(H,34,35)/t28-/m0/s1. The first kappa shape index (κ1) is 23.4. The highest BCUT2D eigenvalue weighted by atomic mass is 16.4. The van der Waals surface area contributed by atoms with Crippen LogP contribution in [0.25, 0.3) is 0 Å². The second kappa shape index (κ2) is 10.9. The smallest absolute Gasteiger partial charge is 0.337 e. The van der Waals surface area contributed by atoms with Crippen molar-refractivity contribution in [1.29, 1.82) is 0 Å². The lowest BCUT2D eigenvalue weighted by molar-refractivity contribution is 0.0697. The minimum atomic E-state index is -0.953. The summed E-state index contributed by atoms with van der Waals surface area (Å²) < 4.78 is 0. The molecule has 2 heterocycles. The van der Waals surface area contributed by atoms with E-state index < -0.39 is 5.97 Å². The van der Waals surface area contributed by atoms with E-state index in [0.29, 0.717) is 12.2 Å². The van der Waals surface area contributed by atoms with Gasteiger partial charge in [0, 0.05) is 31.0 Å². The number of carbonyl (C=O) groups is 1. The molecule has 0 radical (unpaired) electrons. The molecule has 0 bridgehead atoms. The Bertz CT molecular complexity index is 1160. The summed E-state index contributed by atoms with van der Waals surface area (Å²) in [4.78, 5) is 15.5. The van der Waals surface area contributed by atoms with E-state index in [9.17, 15) is 9.90 Å². The Labute approximate surface area is 207 Å². The zero-order chi connectivity index (χ0) is 24.0. The molecule has 6 heteroatoms. The van der Waals surface area contributed by atoms with Crippen molar-refractivity contribution < 1.29 is 9.90 Å². The van der Waals surface area contributed by atoms with Gasteiger partial charge in [0.15, 0.2) is 0 Å². The molecule has 0 amide bonds. The number of hydrogen-bond donors (Lipinski definition) is 4. The largest absolute Gasteiger partial charge is 0.478 e. The molecule has 0 spiro atoms. The molecule has 1 fully saturated rings. The van der Waals surface area contributed by atoms with Gasteiger partial charge < -0.3 is 21.1 Å². The molecule has 1 aliphatic heterocycles. The Morgan fingerprint density at radius 2 is 1.86 bits per heavy atom. The van der Waals surface area contributed by atoms with Crippen LogP contribution in [0, 0.1) is 0 Å². The Morgan fingerprint density at radius 1 is 1.03 bits per heavy atom. The van der Waals surface area contributed by atoms with Gasteiger partial charge in [-0.1, -0.05) is 49.6 Å². The summed E-state index contributed by atoms with van der Waals surface area (Å²) in [6, 6.07) is 17.4. The number of nitrogens with zero attached hydrogens (tertiary/aromatic N) is 1. The molecule has 2 aromatic carbocycles. The van der Waals surface area contributed by atoms with Gasteiger partial charge in [-0.3, -0.25) is 4.98 Å². The summed E-state index contributed by atoms with van der Waals surface area (Å²) in [6.45, 7) is 2.30. The van der Waals surface area contributed by atoms with Crippen LogP contribution < -0.4 is 16.0 Å². The molecular weight excluding hydrogens is 436 g/mol. The Kier molecular flexibility index (Phi) is 7.28. The fourth-order valence-corrected chi connectivity index (χ4v) is 5.43. The van der Waals surface area contributed by atoms with Crippen LogP contribution in [0.1, 0.15) is 76.7 Å². The average molecular weight is 471 g/mol. The predicted molar refractivity (Wildman–Crippen MR) is 140 cm³/mol. The van der Waals surface area contributed by atoms with E-state index in [1.165, 1.54) is 66.6 Å². The third kappa shape index (κ3) is 5.65. The van der Waals surface area contributed by atoms with Crippen LogP contribution >= 0.6 is 0 Å². The maximum atomic E-state index is 11.5. The summed E-state index contributed by atoms with van der Waals surface area (Å²) in [5, 5.41) is 19.8. The monoisotopic (exact) mass is 470 g/mol. The molecule has 1 saturated carbocycles. The van der Waals surface area contributed by atoms with E-state index in [1.54, 1.807) is 6.20 Å². The lowest BCUT2D eigenvalue weighted by Crippen LogP contribution is -2.34.